The van der Waals surface area contributed by atoms with Crippen molar-refractivity contribution in [3.05, 3.63) is 0 Å². The van der Waals surface area contributed by atoms with Gasteiger partial charge >= 0.3 is 0 Å². The maximum atomic E-state index is 12.0. The van der Waals surface area contributed by atoms with Crippen molar-refractivity contribution in [1.29, 1.82) is 0 Å². The van der Waals surface area contributed by atoms with Gasteiger partial charge in [0.15, 0.2) is 0 Å². The Balaban J connectivity index is 2.11. The summed E-state index contributed by atoms with van der Waals surface area (Å²) in [5.41, 5.74) is 0. The lowest BCUT2D eigenvalue weighted by molar-refractivity contribution is -0.126. The Kier molecular flexibility index (Phi) is 7.25. The van der Waals surface area contributed by atoms with E-state index in [-0.39, 0.29) is 11.8 Å². The Hall–Kier alpha value is -0.570. The van der Waals surface area contributed by atoms with Crippen LogP contribution < -0.4 is 10.6 Å². The summed E-state index contributed by atoms with van der Waals surface area (Å²) in [6.45, 7) is 6.33. The molecule has 0 aromatic heterocycles. The normalized spacial score (nSPS) is 18.9. The first-order chi connectivity index (χ1) is 8.24. The van der Waals surface area contributed by atoms with Gasteiger partial charge in [0.05, 0.1) is 0 Å². The second kappa shape index (κ2) is 8.51. The zero-order valence-electron chi connectivity index (χ0n) is 11.4. The van der Waals surface area contributed by atoms with Gasteiger partial charge in [-0.2, -0.15) is 0 Å². The fraction of sp³-hybridized carbons (Fsp3) is 0.929. The summed E-state index contributed by atoms with van der Waals surface area (Å²) in [6.07, 6.45) is 8.23. The van der Waals surface area contributed by atoms with E-state index in [4.69, 9.17) is 0 Å². The summed E-state index contributed by atoms with van der Waals surface area (Å²) in [5.74, 6) is 0.517. The first-order valence-electron chi connectivity index (χ1n) is 7.25. The number of hydrogen-bond acceptors (Lipinski definition) is 2. The van der Waals surface area contributed by atoms with Crippen LogP contribution >= 0.6 is 0 Å². The molecule has 1 heterocycles. The van der Waals surface area contributed by atoms with Gasteiger partial charge < -0.3 is 10.6 Å². The first-order valence-corrected chi connectivity index (χ1v) is 7.25. The quantitative estimate of drug-likeness (QED) is 0.671. The lowest BCUT2D eigenvalue weighted by Gasteiger charge is -2.24. The highest BCUT2D eigenvalue weighted by Crippen LogP contribution is 2.12. The van der Waals surface area contributed by atoms with E-state index < -0.39 is 0 Å². The number of nitrogens with one attached hydrogen (secondary N) is 2. The second-order valence-corrected chi connectivity index (χ2v) is 5.28. The number of hydrogen-bond donors (Lipinski definition) is 2. The standard InChI is InChI=1S/C14H28N2O/c1-3-4-5-6-7-12(2)16-14(17)13-8-10-15-11-9-13/h12-13,15H,3-11H2,1-2H3,(H,16,17). The minimum atomic E-state index is 0.245. The number of unbranched alkanes of at least 4 members (excludes halogenated alkanes) is 3. The van der Waals surface area contributed by atoms with Gasteiger partial charge in [-0.1, -0.05) is 32.6 Å². The molecule has 1 amide bonds. The number of piperidine rings is 1. The van der Waals surface area contributed by atoms with Crippen LogP contribution in [0, 0.1) is 5.92 Å². The van der Waals surface area contributed by atoms with Crippen molar-refractivity contribution in [1.82, 2.24) is 10.6 Å². The molecule has 1 fully saturated rings. The average molecular weight is 240 g/mol. The van der Waals surface area contributed by atoms with Crippen molar-refractivity contribution in [2.24, 2.45) is 5.92 Å². The van der Waals surface area contributed by atoms with Gasteiger partial charge in [0.1, 0.15) is 0 Å². The van der Waals surface area contributed by atoms with Crippen molar-refractivity contribution in [2.45, 2.75) is 64.8 Å². The molecule has 3 heteroatoms. The average Bonchev–Trinajstić information content (AvgIpc) is 2.36. The number of carbonyl (C=O) groups excluding carboxylic acids is 1. The van der Waals surface area contributed by atoms with Crippen LogP contribution in [-0.2, 0) is 4.79 Å². The molecule has 0 bridgehead atoms. The smallest absolute Gasteiger partial charge is 0.223 e. The zero-order valence-corrected chi connectivity index (χ0v) is 11.4. The molecule has 1 aliphatic rings. The molecule has 0 radical (unpaired) electrons. The molecular weight excluding hydrogens is 212 g/mol. The van der Waals surface area contributed by atoms with Crippen LogP contribution in [0.25, 0.3) is 0 Å². The van der Waals surface area contributed by atoms with E-state index in [9.17, 15) is 4.79 Å². The SMILES string of the molecule is CCCCCCC(C)NC(=O)C1CCNCC1. The van der Waals surface area contributed by atoms with Gasteiger partial charge in [-0.3, -0.25) is 4.79 Å². The van der Waals surface area contributed by atoms with Gasteiger partial charge in [0.25, 0.3) is 0 Å². The number of carbonyl (C=O) groups is 1. The van der Waals surface area contributed by atoms with Crippen LogP contribution in [0.3, 0.4) is 0 Å². The topological polar surface area (TPSA) is 41.1 Å². The lowest BCUT2D eigenvalue weighted by Crippen LogP contribution is -2.41. The van der Waals surface area contributed by atoms with Crippen LogP contribution in [-0.4, -0.2) is 25.0 Å². The highest BCUT2D eigenvalue weighted by molar-refractivity contribution is 5.79. The molecular formula is C14H28N2O. The summed E-state index contributed by atoms with van der Waals surface area (Å²) >= 11 is 0. The third-order valence-electron chi connectivity index (χ3n) is 3.59. The van der Waals surface area contributed by atoms with E-state index in [2.05, 4.69) is 24.5 Å². The van der Waals surface area contributed by atoms with E-state index >= 15 is 0 Å². The molecule has 17 heavy (non-hydrogen) atoms. The Morgan fingerprint density at radius 3 is 2.65 bits per heavy atom. The van der Waals surface area contributed by atoms with Crippen LogP contribution in [0.4, 0.5) is 0 Å². The molecule has 100 valence electrons. The number of rotatable bonds is 7. The Bertz CT molecular complexity index is 212. The maximum absolute atomic E-state index is 12.0. The molecule has 0 aromatic rings. The Labute approximate surface area is 106 Å². The molecule has 1 saturated heterocycles. The minimum absolute atomic E-state index is 0.245. The van der Waals surface area contributed by atoms with Crippen molar-refractivity contribution in [2.75, 3.05) is 13.1 Å². The second-order valence-electron chi connectivity index (χ2n) is 5.28. The third kappa shape index (κ3) is 6.06. The molecule has 0 saturated carbocycles. The largest absolute Gasteiger partial charge is 0.353 e. The van der Waals surface area contributed by atoms with Gasteiger partial charge in [-0.15, -0.1) is 0 Å². The summed E-state index contributed by atoms with van der Waals surface area (Å²) in [5, 5.41) is 6.45. The molecule has 1 aliphatic heterocycles. The minimum Gasteiger partial charge on any atom is -0.353 e. The molecule has 1 unspecified atom stereocenters. The maximum Gasteiger partial charge on any atom is 0.223 e. The first kappa shape index (κ1) is 14.5. The molecule has 2 N–H and O–H groups in total. The molecule has 1 rings (SSSR count). The monoisotopic (exact) mass is 240 g/mol. The predicted molar refractivity (Wildman–Crippen MR) is 72.0 cm³/mol. The van der Waals surface area contributed by atoms with E-state index in [1.807, 2.05) is 0 Å². The fourth-order valence-corrected chi connectivity index (χ4v) is 2.39. The van der Waals surface area contributed by atoms with Gasteiger partial charge in [0.2, 0.25) is 5.91 Å². The molecule has 3 nitrogen and oxygen atoms in total. The summed E-state index contributed by atoms with van der Waals surface area (Å²) < 4.78 is 0. The summed E-state index contributed by atoms with van der Waals surface area (Å²) in [7, 11) is 0. The molecule has 1 atom stereocenters. The van der Waals surface area contributed by atoms with Crippen LogP contribution in [0.15, 0.2) is 0 Å². The van der Waals surface area contributed by atoms with Gasteiger partial charge in [-0.25, -0.2) is 0 Å². The van der Waals surface area contributed by atoms with Crippen molar-refractivity contribution in [3.63, 3.8) is 0 Å². The Morgan fingerprint density at radius 2 is 2.00 bits per heavy atom. The van der Waals surface area contributed by atoms with Crippen molar-refractivity contribution < 1.29 is 4.79 Å². The molecule has 0 aliphatic carbocycles. The lowest BCUT2D eigenvalue weighted by atomic mass is 9.96. The van der Waals surface area contributed by atoms with Gasteiger partial charge in [-0.05, 0) is 39.3 Å². The van der Waals surface area contributed by atoms with E-state index in [0.717, 1.165) is 32.4 Å². The predicted octanol–water partition coefficient (Wildman–Crippen LogP) is 2.46. The highest BCUT2D eigenvalue weighted by atomic mass is 16.1. The van der Waals surface area contributed by atoms with E-state index in [1.54, 1.807) is 0 Å². The highest BCUT2D eigenvalue weighted by Gasteiger charge is 2.21. The summed E-state index contributed by atoms with van der Waals surface area (Å²) in [6, 6.07) is 0.342. The number of amides is 1. The van der Waals surface area contributed by atoms with E-state index in [0.29, 0.717) is 6.04 Å². The van der Waals surface area contributed by atoms with Crippen LogP contribution in [0.5, 0.6) is 0 Å². The molecule has 0 aromatic carbocycles. The summed E-state index contributed by atoms with van der Waals surface area (Å²) in [4.78, 5) is 12.0. The van der Waals surface area contributed by atoms with E-state index in [1.165, 1.54) is 25.7 Å². The van der Waals surface area contributed by atoms with Gasteiger partial charge in [0, 0.05) is 12.0 Å². The van der Waals surface area contributed by atoms with Crippen LogP contribution in [0.2, 0.25) is 0 Å². The van der Waals surface area contributed by atoms with Crippen LogP contribution in [0.1, 0.15) is 58.8 Å². The third-order valence-corrected chi connectivity index (χ3v) is 3.59. The zero-order chi connectivity index (χ0) is 12.5. The van der Waals surface area contributed by atoms with Crippen molar-refractivity contribution in [3.8, 4) is 0 Å². The fourth-order valence-electron chi connectivity index (χ4n) is 2.39. The Morgan fingerprint density at radius 1 is 1.29 bits per heavy atom. The van der Waals surface area contributed by atoms with Crippen molar-refractivity contribution >= 4 is 5.91 Å². The molecule has 0 spiro atoms.